The molecule has 3 aromatic heterocycles. The van der Waals surface area contributed by atoms with Gasteiger partial charge in [0.05, 0.1) is 17.8 Å². The summed E-state index contributed by atoms with van der Waals surface area (Å²) in [5.41, 5.74) is 1.90. The van der Waals surface area contributed by atoms with Gasteiger partial charge in [-0.25, -0.2) is 9.97 Å². The average Bonchev–Trinajstić information content (AvgIpc) is 3.05. The summed E-state index contributed by atoms with van der Waals surface area (Å²) in [4.78, 5) is 10.5. The van der Waals surface area contributed by atoms with Crippen LogP contribution in [0, 0.1) is 0 Å². The second kappa shape index (κ2) is 4.68. The zero-order valence-corrected chi connectivity index (χ0v) is 10.9. The van der Waals surface area contributed by atoms with Crippen LogP contribution in [0.5, 0.6) is 0 Å². The molecule has 0 aliphatic heterocycles. The Hall–Kier alpha value is -2.44. The number of rotatable bonds is 4. The molecule has 0 aliphatic carbocycles. The first-order valence-corrected chi connectivity index (χ1v) is 6.14. The van der Waals surface area contributed by atoms with E-state index in [1.165, 1.54) is 0 Å². The van der Waals surface area contributed by atoms with Crippen LogP contribution in [0.4, 0.5) is 5.82 Å². The molecule has 0 bridgehead atoms. The molecule has 98 valence electrons. The van der Waals surface area contributed by atoms with E-state index < -0.39 is 0 Å². The van der Waals surface area contributed by atoms with E-state index in [2.05, 4.69) is 37.1 Å². The van der Waals surface area contributed by atoms with Gasteiger partial charge >= 0.3 is 0 Å². The molecule has 0 aliphatic rings. The maximum Gasteiger partial charge on any atom is 0.160 e. The third kappa shape index (κ3) is 2.14. The molecule has 0 amide bonds. The number of hydrogen-bond donors (Lipinski definition) is 1. The van der Waals surface area contributed by atoms with E-state index in [1.54, 1.807) is 12.5 Å². The van der Waals surface area contributed by atoms with Gasteiger partial charge in [0.15, 0.2) is 5.65 Å². The number of hydrogen-bond acceptors (Lipinski definition) is 5. The van der Waals surface area contributed by atoms with Crippen molar-refractivity contribution < 1.29 is 0 Å². The number of anilines is 1. The van der Waals surface area contributed by atoms with E-state index in [-0.39, 0.29) is 0 Å². The summed E-state index contributed by atoms with van der Waals surface area (Å²) in [6, 6.07) is 0. The summed E-state index contributed by atoms with van der Waals surface area (Å²) >= 11 is 0. The maximum absolute atomic E-state index is 4.33. The molecule has 0 fully saturated rings. The van der Waals surface area contributed by atoms with Crippen molar-refractivity contribution in [2.75, 3.05) is 11.9 Å². The molecule has 0 aromatic carbocycles. The third-order valence-electron chi connectivity index (χ3n) is 3.02. The van der Waals surface area contributed by atoms with Crippen LogP contribution < -0.4 is 4.90 Å². The number of H-pyrrole nitrogens is 1. The highest BCUT2D eigenvalue weighted by molar-refractivity contribution is 5.85. The van der Waals surface area contributed by atoms with Crippen LogP contribution in [0.15, 0.2) is 24.9 Å². The average molecular weight is 257 g/mol. The van der Waals surface area contributed by atoms with Crippen LogP contribution >= 0.6 is 0 Å². The lowest BCUT2D eigenvalue weighted by Crippen LogP contribution is -2.17. The van der Waals surface area contributed by atoms with Gasteiger partial charge in [-0.3, -0.25) is 9.78 Å². The van der Waals surface area contributed by atoms with Crippen molar-refractivity contribution >= 4 is 16.9 Å². The minimum absolute atomic E-state index is 0.747. The van der Waals surface area contributed by atoms with Gasteiger partial charge in [0.25, 0.3) is 0 Å². The minimum atomic E-state index is 0.747. The summed E-state index contributed by atoms with van der Waals surface area (Å²) in [5.74, 6) is 0.864. The molecule has 7 heteroatoms. The Kier molecular flexibility index (Phi) is 2.86. The zero-order chi connectivity index (χ0) is 13.2. The first-order chi connectivity index (χ1) is 9.28. The highest BCUT2D eigenvalue weighted by Gasteiger charge is 2.11. The van der Waals surface area contributed by atoms with Crippen molar-refractivity contribution in [3.63, 3.8) is 0 Å². The van der Waals surface area contributed by atoms with Crippen molar-refractivity contribution in [3.05, 3.63) is 30.5 Å². The molecule has 3 aromatic rings. The highest BCUT2D eigenvalue weighted by atomic mass is 15.3. The molecule has 19 heavy (non-hydrogen) atoms. The molecule has 7 nitrogen and oxygen atoms in total. The fourth-order valence-electron chi connectivity index (χ4n) is 2.07. The fourth-order valence-corrected chi connectivity index (χ4v) is 2.07. The lowest BCUT2D eigenvalue weighted by Gasteiger charge is -2.17. The predicted molar refractivity (Wildman–Crippen MR) is 71.7 cm³/mol. The highest BCUT2D eigenvalue weighted by Crippen LogP contribution is 2.21. The summed E-state index contributed by atoms with van der Waals surface area (Å²) in [7, 11) is 2.00. The smallest absolute Gasteiger partial charge is 0.160 e. The Balaban J connectivity index is 1.87. The molecular weight excluding hydrogens is 242 g/mol. The van der Waals surface area contributed by atoms with Gasteiger partial charge in [0, 0.05) is 31.9 Å². The molecule has 0 saturated carbocycles. The monoisotopic (exact) mass is 257 g/mol. The second-order valence-corrected chi connectivity index (χ2v) is 4.39. The first-order valence-electron chi connectivity index (χ1n) is 6.14. The van der Waals surface area contributed by atoms with Crippen molar-refractivity contribution in [3.8, 4) is 0 Å². The van der Waals surface area contributed by atoms with Crippen molar-refractivity contribution in [2.45, 2.75) is 20.0 Å². The Bertz CT molecular complexity index is 684. The van der Waals surface area contributed by atoms with Gasteiger partial charge in [-0.05, 0) is 6.92 Å². The van der Waals surface area contributed by atoms with E-state index in [4.69, 9.17) is 0 Å². The van der Waals surface area contributed by atoms with E-state index in [1.807, 2.05) is 24.1 Å². The number of aryl methyl sites for hydroxylation is 1. The summed E-state index contributed by atoms with van der Waals surface area (Å²) in [5, 5.41) is 12.0. The molecular formula is C12H15N7. The SMILES string of the molecule is CCn1cc(CN(C)c2ncnc3[nH]ncc23)cn1. The molecule has 3 heterocycles. The molecule has 0 spiro atoms. The zero-order valence-electron chi connectivity index (χ0n) is 10.9. The maximum atomic E-state index is 4.33. The van der Waals surface area contributed by atoms with E-state index in [0.29, 0.717) is 0 Å². The third-order valence-corrected chi connectivity index (χ3v) is 3.02. The molecule has 0 saturated heterocycles. The number of aromatic amines is 1. The van der Waals surface area contributed by atoms with Crippen LogP contribution in [0.2, 0.25) is 0 Å². The topological polar surface area (TPSA) is 75.5 Å². The van der Waals surface area contributed by atoms with Gasteiger partial charge in [-0.1, -0.05) is 0 Å². The van der Waals surface area contributed by atoms with Crippen LogP contribution in [-0.2, 0) is 13.1 Å². The first kappa shape index (κ1) is 11.6. The van der Waals surface area contributed by atoms with Crippen molar-refractivity contribution in [1.82, 2.24) is 29.9 Å². The fraction of sp³-hybridized carbons (Fsp3) is 0.333. The van der Waals surface area contributed by atoms with Gasteiger partial charge in [0.1, 0.15) is 12.1 Å². The van der Waals surface area contributed by atoms with E-state index >= 15 is 0 Å². The normalized spacial score (nSPS) is 11.1. The van der Waals surface area contributed by atoms with Gasteiger partial charge < -0.3 is 4.90 Å². The van der Waals surface area contributed by atoms with Gasteiger partial charge in [-0.15, -0.1) is 0 Å². The number of nitrogens with one attached hydrogen (secondary N) is 1. The summed E-state index contributed by atoms with van der Waals surface area (Å²) in [6.45, 7) is 3.69. The van der Waals surface area contributed by atoms with E-state index in [0.717, 1.165) is 35.5 Å². The largest absolute Gasteiger partial charge is 0.355 e. The van der Waals surface area contributed by atoms with Crippen LogP contribution in [-0.4, -0.2) is 37.0 Å². The molecule has 0 atom stereocenters. The predicted octanol–water partition coefficient (Wildman–Crippen LogP) is 1.21. The Labute approximate surface area is 110 Å². The van der Waals surface area contributed by atoms with Crippen LogP contribution in [0.25, 0.3) is 11.0 Å². The van der Waals surface area contributed by atoms with Crippen molar-refractivity contribution in [2.24, 2.45) is 0 Å². The summed E-state index contributed by atoms with van der Waals surface area (Å²) in [6.07, 6.45) is 7.22. The molecule has 1 N–H and O–H groups in total. The Morgan fingerprint density at radius 3 is 3.00 bits per heavy atom. The summed E-state index contributed by atoms with van der Waals surface area (Å²) < 4.78 is 1.91. The lowest BCUT2D eigenvalue weighted by molar-refractivity contribution is 0.659. The lowest BCUT2D eigenvalue weighted by atomic mass is 10.3. The standard InChI is InChI=1S/C12H15N7/c1-3-19-7-9(4-16-19)6-18(2)12-10-5-15-17-11(10)13-8-14-12/h4-5,7-8H,3,6H2,1-2H3,(H,13,14,15,17). The van der Waals surface area contributed by atoms with Crippen molar-refractivity contribution in [1.29, 1.82) is 0 Å². The number of aromatic nitrogens is 6. The number of nitrogens with zero attached hydrogens (tertiary/aromatic N) is 6. The van der Waals surface area contributed by atoms with Gasteiger partial charge in [-0.2, -0.15) is 10.2 Å². The number of fused-ring (bicyclic) bond motifs is 1. The second-order valence-electron chi connectivity index (χ2n) is 4.39. The molecule has 0 radical (unpaired) electrons. The van der Waals surface area contributed by atoms with Crippen LogP contribution in [0.3, 0.4) is 0 Å². The Morgan fingerprint density at radius 2 is 2.21 bits per heavy atom. The van der Waals surface area contributed by atoms with Gasteiger partial charge in [0.2, 0.25) is 0 Å². The Morgan fingerprint density at radius 1 is 1.32 bits per heavy atom. The quantitative estimate of drug-likeness (QED) is 0.760. The molecule has 0 unspecified atom stereocenters. The van der Waals surface area contributed by atoms with E-state index in [9.17, 15) is 0 Å². The minimum Gasteiger partial charge on any atom is -0.355 e. The molecule has 3 rings (SSSR count). The van der Waals surface area contributed by atoms with Crippen LogP contribution in [0.1, 0.15) is 12.5 Å².